The second kappa shape index (κ2) is 18.2. The van der Waals surface area contributed by atoms with Crippen molar-refractivity contribution in [2.24, 2.45) is 5.92 Å². The molecule has 42 heavy (non-hydrogen) atoms. The molecule has 0 aliphatic heterocycles. The number of carboxylic acid groups (broad SMARTS) is 1. The molecule has 3 rings (SSSR count). The van der Waals surface area contributed by atoms with E-state index in [9.17, 15) is 14.7 Å². The number of nitrogens with zero attached hydrogens (tertiary/aromatic N) is 1. The van der Waals surface area contributed by atoms with Crippen LogP contribution in [0.4, 0.5) is 5.69 Å². The van der Waals surface area contributed by atoms with Crippen molar-refractivity contribution in [2.75, 3.05) is 11.9 Å². The Hall–Kier alpha value is -2.54. The molecule has 6 nitrogen and oxygen atoms in total. The van der Waals surface area contributed by atoms with E-state index in [1.807, 2.05) is 35.2 Å². The summed E-state index contributed by atoms with van der Waals surface area (Å²) in [5.74, 6) is 0.398. The van der Waals surface area contributed by atoms with Gasteiger partial charge in [-0.3, -0.25) is 4.79 Å². The van der Waals surface area contributed by atoms with Crippen molar-refractivity contribution in [2.45, 2.75) is 98.6 Å². The van der Waals surface area contributed by atoms with E-state index in [-0.39, 0.29) is 47.7 Å². The molecule has 0 unspecified atom stereocenters. The van der Waals surface area contributed by atoms with Gasteiger partial charge in [0.1, 0.15) is 12.4 Å². The van der Waals surface area contributed by atoms with Crippen molar-refractivity contribution < 1.29 is 49.0 Å². The first-order valence-corrected chi connectivity index (χ1v) is 15.2. The third kappa shape index (κ3) is 11.3. The Morgan fingerprint density at radius 2 is 1.64 bits per heavy atom. The summed E-state index contributed by atoms with van der Waals surface area (Å²) in [5.41, 5.74) is 5.46. The largest absolute Gasteiger partial charge is 1.00 e. The van der Waals surface area contributed by atoms with Gasteiger partial charge in [-0.15, -0.1) is 0 Å². The van der Waals surface area contributed by atoms with Gasteiger partial charge in [-0.05, 0) is 72.4 Å². The summed E-state index contributed by atoms with van der Waals surface area (Å²) in [7, 11) is 0. The number of carbonyl (C=O) groups is 2. The monoisotopic (exact) mass is 582 g/mol. The molecule has 1 aromatic heterocycles. The number of hydrogen-bond donors (Lipinski definition) is 1. The summed E-state index contributed by atoms with van der Waals surface area (Å²) in [4.78, 5) is 24.6. The molecular formula is C35H47N2NaO4. The minimum absolute atomic E-state index is 0. The summed E-state index contributed by atoms with van der Waals surface area (Å²) in [6, 6.07) is 14.2. The number of carbonyl (C=O) groups excluding carboxylic acids is 2. The van der Waals surface area contributed by atoms with E-state index >= 15 is 0 Å². The van der Waals surface area contributed by atoms with Gasteiger partial charge in [-0.2, -0.15) is 0 Å². The number of aryl methyl sites for hydroxylation is 1. The Morgan fingerprint density at radius 3 is 2.29 bits per heavy atom. The number of ether oxygens (including phenoxy) is 1. The third-order valence-corrected chi connectivity index (χ3v) is 7.22. The predicted octanol–water partition coefficient (Wildman–Crippen LogP) is 4.15. The van der Waals surface area contributed by atoms with Gasteiger partial charge in [0.15, 0.2) is 5.78 Å². The molecule has 7 heteroatoms. The molecule has 0 atom stereocenters. The molecule has 0 aliphatic rings. The van der Waals surface area contributed by atoms with Crippen LogP contribution in [0.2, 0.25) is 0 Å². The maximum Gasteiger partial charge on any atom is 1.00 e. The fourth-order valence-electron chi connectivity index (χ4n) is 4.98. The minimum atomic E-state index is -1.06. The zero-order valence-corrected chi connectivity index (χ0v) is 28.5. The molecule has 1 heterocycles. The number of rotatable bonds is 18. The van der Waals surface area contributed by atoms with Crippen molar-refractivity contribution in [3.05, 3.63) is 82.7 Å². The van der Waals surface area contributed by atoms with Crippen LogP contribution in [-0.4, -0.2) is 22.9 Å². The molecule has 0 bridgehead atoms. The first-order valence-electron chi connectivity index (χ1n) is 15.2. The number of nitrogens with one attached hydrogen (secondary N) is 1. The van der Waals surface area contributed by atoms with Gasteiger partial charge in [0.05, 0.1) is 5.69 Å². The first kappa shape index (κ1) is 35.7. The number of unbranched alkanes of at least 4 members (excludes halogenated alkanes) is 3. The zero-order valence-electron chi connectivity index (χ0n) is 26.5. The van der Waals surface area contributed by atoms with E-state index in [0.717, 1.165) is 48.4 Å². The summed E-state index contributed by atoms with van der Waals surface area (Å²) in [6.07, 6.45) is 9.91. The SMILES string of the molecule is CCCCCCNc1cc(C(=O)c2cn(CCCC(=O)[O-])cc2C(C)C)ccc1OCc1ccc(CC(C)C)cc1.[Na+]. The molecule has 0 saturated carbocycles. The van der Waals surface area contributed by atoms with Gasteiger partial charge in [-0.25, -0.2) is 0 Å². The molecule has 0 saturated heterocycles. The second-order valence-electron chi connectivity index (χ2n) is 11.7. The number of benzene rings is 2. The quantitative estimate of drug-likeness (QED) is 0.139. The van der Waals surface area contributed by atoms with Crippen LogP contribution in [0.25, 0.3) is 0 Å². The van der Waals surface area contributed by atoms with E-state index in [1.54, 1.807) is 0 Å². The van der Waals surface area contributed by atoms with Crippen LogP contribution in [0.5, 0.6) is 5.75 Å². The smallest absolute Gasteiger partial charge is 0.550 e. The van der Waals surface area contributed by atoms with Crippen LogP contribution in [0, 0.1) is 5.92 Å². The van der Waals surface area contributed by atoms with Gasteiger partial charge in [0.2, 0.25) is 0 Å². The standard InChI is InChI=1S/C35H48N2O4.Na/c1-6-7-8-9-18-36-32-21-29(16-17-33(32)41-24-28-14-12-27(13-15-28)20-25(2)3)35(40)31-23-37(19-10-11-34(38)39)22-30(31)26(4)5;/h12-17,21-23,25-26,36H,6-11,18-20,24H2,1-5H3,(H,38,39);/q;+1/p-1. The maximum absolute atomic E-state index is 13.7. The van der Waals surface area contributed by atoms with E-state index in [0.29, 0.717) is 36.6 Å². The fraction of sp³-hybridized carbons (Fsp3) is 0.486. The number of hydrogen-bond acceptors (Lipinski definition) is 5. The molecule has 3 aromatic rings. The van der Waals surface area contributed by atoms with Gasteiger partial charge in [0.25, 0.3) is 0 Å². The van der Waals surface area contributed by atoms with E-state index in [1.165, 1.54) is 18.4 Å². The van der Waals surface area contributed by atoms with Crippen LogP contribution in [0.15, 0.2) is 54.9 Å². The first-order chi connectivity index (χ1) is 19.7. The predicted molar refractivity (Wildman–Crippen MR) is 165 cm³/mol. The van der Waals surface area contributed by atoms with Crippen LogP contribution in [0.3, 0.4) is 0 Å². The summed E-state index contributed by atoms with van der Waals surface area (Å²) in [5, 5.41) is 14.4. The molecule has 2 aromatic carbocycles. The normalized spacial score (nSPS) is 11.0. The van der Waals surface area contributed by atoms with Crippen molar-refractivity contribution in [1.82, 2.24) is 4.57 Å². The number of aliphatic carboxylic acids is 1. The molecule has 0 fully saturated rings. The fourth-order valence-corrected chi connectivity index (χ4v) is 4.98. The van der Waals surface area contributed by atoms with Crippen molar-refractivity contribution in [3.8, 4) is 5.75 Å². The Balaban J connectivity index is 0.00000616. The van der Waals surface area contributed by atoms with Crippen molar-refractivity contribution in [3.63, 3.8) is 0 Å². The summed E-state index contributed by atoms with van der Waals surface area (Å²) < 4.78 is 8.18. The van der Waals surface area contributed by atoms with Crippen LogP contribution in [0.1, 0.15) is 112 Å². The number of ketones is 1. The van der Waals surface area contributed by atoms with Crippen molar-refractivity contribution in [1.29, 1.82) is 0 Å². The zero-order chi connectivity index (χ0) is 29.8. The molecular weight excluding hydrogens is 535 g/mol. The Morgan fingerprint density at radius 1 is 0.929 bits per heavy atom. The number of aromatic nitrogens is 1. The van der Waals surface area contributed by atoms with E-state index < -0.39 is 5.97 Å². The molecule has 0 aliphatic carbocycles. The molecule has 0 spiro atoms. The molecule has 0 amide bonds. The van der Waals surface area contributed by atoms with Crippen LogP contribution < -0.4 is 44.7 Å². The van der Waals surface area contributed by atoms with E-state index in [4.69, 9.17) is 4.74 Å². The van der Waals surface area contributed by atoms with Gasteiger partial charge < -0.3 is 24.5 Å². The average molecular weight is 583 g/mol. The Labute approximate surface area is 274 Å². The average Bonchev–Trinajstić information content (AvgIpc) is 3.36. The second-order valence-corrected chi connectivity index (χ2v) is 11.7. The third-order valence-electron chi connectivity index (χ3n) is 7.22. The number of anilines is 1. The Bertz CT molecular complexity index is 1260. The van der Waals surface area contributed by atoms with Crippen LogP contribution in [-0.2, 0) is 24.4 Å². The summed E-state index contributed by atoms with van der Waals surface area (Å²) in [6.45, 7) is 12.6. The van der Waals surface area contributed by atoms with Crippen molar-refractivity contribution >= 4 is 17.4 Å². The van der Waals surface area contributed by atoms with Gasteiger partial charge >= 0.3 is 29.6 Å². The number of carboxylic acids is 1. The topological polar surface area (TPSA) is 83.4 Å². The molecule has 0 radical (unpaired) electrons. The van der Waals surface area contributed by atoms with E-state index in [2.05, 4.69) is 64.2 Å². The maximum atomic E-state index is 13.7. The molecule has 1 N–H and O–H groups in total. The summed E-state index contributed by atoms with van der Waals surface area (Å²) >= 11 is 0. The minimum Gasteiger partial charge on any atom is -0.550 e. The van der Waals surface area contributed by atoms with Gasteiger partial charge in [-0.1, -0.05) is 78.1 Å². The van der Waals surface area contributed by atoms with Crippen LogP contribution >= 0.6 is 0 Å². The van der Waals surface area contributed by atoms with Gasteiger partial charge in [0, 0.05) is 42.6 Å². The Kier molecular flexibility index (Phi) is 15.4. The molecule has 222 valence electrons.